The second-order valence-corrected chi connectivity index (χ2v) is 6.00. The largest absolute Gasteiger partial charge is 0.346 e. The van der Waals surface area contributed by atoms with Crippen LogP contribution in [0.4, 0.5) is 0 Å². The lowest BCUT2D eigenvalue weighted by Crippen LogP contribution is -3.16. The zero-order chi connectivity index (χ0) is 15.4. The second-order valence-electron chi connectivity index (χ2n) is 5.16. The minimum Gasteiger partial charge on any atom is -0.346 e. The molecule has 21 heavy (non-hydrogen) atoms. The molecule has 1 aromatic rings. The minimum atomic E-state index is -0.208. The van der Waals surface area contributed by atoms with Crippen LogP contribution in [0, 0.1) is 0 Å². The predicted molar refractivity (Wildman–Crippen MR) is 81.6 cm³/mol. The number of nitrogens with one attached hydrogen (secondary N) is 3. The molecule has 0 bridgehead atoms. The van der Waals surface area contributed by atoms with E-state index < -0.39 is 0 Å². The molecule has 7 heteroatoms. The summed E-state index contributed by atoms with van der Waals surface area (Å²) in [4.78, 5) is 24.3. The number of rotatable bonds is 4. The molecule has 0 saturated carbocycles. The molecule has 1 aliphatic heterocycles. The Kier molecular flexibility index (Phi) is 5.45. The van der Waals surface area contributed by atoms with Crippen molar-refractivity contribution in [2.24, 2.45) is 0 Å². The first kappa shape index (κ1) is 16.1. The first-order valence-electron chi connectivity index (χ1n) is 6.80. The van der Waals surface area contributed by atoms with Gasteiger partial charge in [0.2, 0.25) is 0 Å². The molecule has 2 rings (SSSR count). The fraction of sp³-hybridized carbons (Fsp3) is 0.429. The van der Waals surface area contributed by atoms with Crippen molar-refractivity contribution in [2.75, 3.05) is 26.2 Å². The number of quaternary nitrogens is 1. The highest BCUT2D eigenvalue weighted by atomic mass is 35.5. The smallest absolute Gasteiger partial charge is 0.275 e. The number of carbonyl (C=O) groups is 2. The standard InChI is InChI=1S/C14H17Cl2N3O2/c1-9(11-3-2-10(15)6-12(11)16)18-14(21)8-19-5-4-17-13(20)7-19/h2-3,6,9H,4-5,7-8H2,1H3,(H,17,20)(H,18,21)/p+1/t9-/m1/s1. The lowest BCUT2D eigenvalue weighted by atomic mass is 10.1. The van der Waals surface area contributed by atoms with Crippen molar-refractivity contribution >= 4 is 35.0 Å². The average Bonchev–Trinajstić information content (AvgIpc) is 2.38. The van der Waals surface area contributed by atoms with Crippen LogP contribution in [0.15, 0.2) is 18.2 Å². The van der Waals surface area contributed by atoms with Gasteiger partial charge in [-0.1, -0.05) is 29.3 Å². The third kappa shape index (κ3) is 4.59. The van der Waals surface area contributed by atoms with E-state index in [-0.39, 0.29) is 24.4 Å². The highest BCUT2D eigenvalue weighted by Crippen LogP contribution is 2.25. The molecular weight excluding hydrogens is 313 g/mol. The summed E-state index contributed by atoms with van der Waals surface area (Å²) in [5.41, 5.74) is 0.820. The zero-order valence-corrected chi connectivity index (χ0v) is 13.2. The molecular formula is C14H18Cl2N3O2+. The third-order valence-corrected chi connectivity index (χ3v) is 3.99. The van der Waals surface area contributed by atoms with E-state index in [1.54, 1.807) is 18.2 Å². The lowest BCUT2D eigenvalue weighted by Gasteiger charge is -2.24. The summed E-state index contributed by atoms with van der Waals surface area (Å²) >= 11 is 12.0. The minimum absolute atomic E-state index is 0.0159. The molecule has 0 aliphatic carbocycles. The molecule has 3 N–H and O–H groups in total. The molecule has 2 amide bonds. The monoisotopic (exact) mass is 330 g/mol. The normalized spacial score (nSPS) is 19.8. The maximum Gasteiger partial charge on any atom is 0.275 e. The molecule has 1 unspecified atom stereocenters. The Hall–Kier alpha value is -1.30. The Morgan fingerprint density at radius 2 is 2.24 bits per heavy atom. The average molecular weight is 331 g/mol. The summed E-state index contributed by atoms with van der Waals surface area (Å²) < 4.78 is 0. The van der Waals surface area contributed by atoms with E-state index >= 15 is 0 Å². The van der Waals surface area contributed by atoms with E-state index in [9.17, 15) is 9.59 Å². The second kappa shape index (κ2) is 7.11. The van der Waals surface area contributed by atoms with Crippen molar-refractivity contribution < 1.29 is 14.5 Å². The van der Waals surface area contributed by atoms with Gasteiger partial charge in [0.15, 0.2) is 13.1 Å². The first-order chi connectivity index (χ1) is 9.95. The van der Waals surface area contributed by atoms with E-state index in [1.165, 1.54) is 0 Å². The number of amides is 2. The first-order valence-corrected chi connectivity index (χ1v) is 7.56. The van der Waals surface area contributed by atoms with Gasteiger partial charge in [-0.05, 0) is 24.6 Å². The van der Waals surface area contributed by atoms with Gasteiger partial charge in [-0.25, -0.2) is 0 Å². The van der Waals surface area contributed by atoms with Crippen molar-refractivity contribution in [3.63, 3.8) is 0 Å². The molecule has 5 nitrogen and oxygen atoms in total. The maximum atomic E-state index is 12.0. The van der Waals surface area contributed by atoms with Gasteiger partial charge in [0.05, 0.1) is 19.1 Å². The number of hydrogen-bond acceptors (Lipinski definition) is 2. The lowest BCUT2D eigenvalue weighted by molar-refractivity contribution is -0.885. The van der Waals surface area contributed by atoms with Crippen LogP contribution in [0.1, 0.15) is 18.5 Å². The summed E-state index contributed by atoms with van der Waals surface area (Å²) in [6.07, 6.45) is 0. The zero-order valence-electron chi connectivity index (χ0n) is 11.7. The van der Waals surface area contributed by atoms with Gasteiger partial charge in [-0.15, -0.1) is 0 Å². The van der Waals surface area contributed by atoms with E-state index in [2.05, 4.69) is 10.6 Å². The van der Waals surface area contributed by atoms with Crippen LogP contribution in [-0.2, 0) is 9.59 Å². The Morgan fingerprint density at radius 3 is 2.90 bits per heavy atom. The summed E-state index contributed by atoms with van der Waals surface area (Å²) in [6, 6.07) is 4.99. The molecule has 1 aliphatic rings. The molecule has 0 aromatic heterocycles. The van der Waals surface area contributed by atoms with Crippen molar-refractivity contribution in [1.29, 1.82) is 0 Å². The number of piperazine rings is 1. The van der Waals surface area contributed by atoms with Crippen LogP contribution in [0.3, 0.4) is 0 Å². The topological polar surface area (TPSA) is 62.6 Å². The Balaban J connectivity index is 1.91. The van der Waals surface area contributed by atoms with Crippen molar-refractivity contribution in [1.82, 2.24) is 10.6 Å². The van der Waals surface area contributed by atoms with Crippen molar-refractivity contribution in [3.8, 4) is 0 Å². The molecule has 114 valence electrons. The van der Waals surface area contributed by atoms with Gasteiger partial charge in [0.25, 0.3) is 11.8 Å². The molecule has 1 aromatic carbocycles. The van der Waals surface area contributed by atoms with Gasteiger partial charge in [-0.2, -0.15) is 0 Å². The van der Waals surface area contributed by atoms with E-state index in [4.69, 9.17) is 23.2 Å². The molecule has 0 spiro atoms. The number of halogens is 2. The number of benzene rings is 1. The third-order valence-electron chi connectivity index (χ3n) is 3.43. The fourth-order valence-electron chi connectivity index (χ4n) is 2.36. The SMILES string of the molecule is C[C@@H](NC(=O)C[NH+]1CCNC(=O)C1)c1ccc(Cl)cc1Cl. The van der Waals surface area contributed by atoms with Gasteiger partial charge in [0, 0.05) is 10.0 Å². The van der Waals surface area contributed by atoms with Crippen LogP contribution in [0.5, 0.6) is 0 Å². The van der Waals surface area contributed by atoms with Crippen LogP contribution in [0.25, 0.3) is 0 Å². The Bertz CT molecular complexity index is 551. The maximum absolute atomic E-state index is 12.0. The van der Waals surface area contributed by atoms with Crippen LogP contribution in [-0.4, -0.2) is 38.0 Å². The van der Waals surface area contributed by atoms with Gasteiger partial charge in [0.1, 0.15) is 0 Å². The predicted octanol–water partition coefficient (Wildman–Crippen LogP) is 0.185. The van der Waals surface area contributed by atoms with Crippen LogP contribution >= 0.6 is 23.2 Å². The van der Waals surface area contributed by atoms with Gasteiger partial charge in [-0.3, -0.25) is 9.59 Å². The fourth-order valence-corrected chi connectivity index (χ4v) is 2.93. The molecule has 1 heterocycles. The summed E-state index contributed by atoms with van der Waals surface area (Å²) in [6.45, 7) is 3.85. The summed E-state index contributed by atoms with van der Waals surface area (Å²) in [5, 5.41) is 6.73. The van der Waals surface area contributed by atoms with Gasteiger partial charge >= 0.3 is 0 Å². The van der Waals surface area contributed by atoms with Crippen molar-refractivity contribution in [2.45, 2.75) is 13.0 Å². The van der Waals surface area contributed by atoms with Crippen LogP contribution in [0.2, 0.25) is 10.0 Å². The van der Waals surface area contributed by atoms with Crippen LogP contribution < -0.4 is 15.5 Å². The van der Waals surface area contributed by atoms with Crippen molar-refractivity contribution in [3.05, 3.63) is 33.8 Å². The molecule has 0 radical (unpaired) electrons. The highest BCUT2D eigenvalue weighted by Gasteiger charge is 2.23. The number of carbonyl (C=O) groups excluding carboxylic acids is 2. The number of hydrogen-bond donors (Lipinski definition) is 3. The van der Waals surface area contributed by atoms with E-state index in [0.717, 1.165) is 17.0 Å². The quantitative estimate of drug-likeness (QED) is 0.737. The summed E-state index contributed by atoms with van der Waals surface area (Å²) in [5.74, 6) is -0.115. The summed E-state index contributed by atoms with van der Waals surface area (Å²) in [7, 11) is 0. The van der Waals surface area contributed by atoms with E-state index in [1.807, 2.05) is 6.92 Å². The Morgan fingerprint density at radius 1 is 1.48 bits per heavy atom. The molecule has 1 fully saturated rings. The Labute approximate surface area is 133 Å². The van der Waals surface area contributed by atoms with E-state index in [0.29, 0.717) is 23.1 Å². The highest BCUT2D eigenvalue weighted by molar-refractivity contribution is 6.35. The van der Waals surface area contributed by atoms with Gasteiger partial charge < -0.3 is 15.5 Å². The molecule has 2 atom stereocenters. The molecule has 1 saturated heterocycles.